The predicted molar refractivity (Wildman–Crippen MR) is 74.8 cm³/mol. The number of hydrogen-bond acceptors (Lipinski definition) is 4. The van der Waals surface area contributed by atoms with Crippen LogP contribution in [0.15, 0.2) is 24.3 Å². The lowest BCUT2D eigenvalue weighted by Gasteiger charge is -2.17. The zero-order valence-corrected chi connectivity index (χ0v) is 11.4. The molecule has 0 radical (unpaired) electrons. The van der Waals surface area contributed by atoms with Crippen LogP contribution in [0.5, 0.6) is 5.75 Å². The van der Waals surface area contributed by atoms with E-state index in [-0.39, 0.29) is 11.8 Å². The number of benzene rings is 1. The molecule has 0 amide bonds. The average molecular weight is 279 g/mol. The fourth-order valence-electron chi connectivity index (χ4n) is 1.68. The van der Waals surface area contributed by atoms with Crippen LogP contribution in [0.25, 0.3) is 6.08 Å². The van der Waals surface area contributed by atoms with Crippen LogP contribution in [0.3, 0.4) is 0 Å². The molecule has 0 aliphatic carbocycles. The van der Waals surface area contributed by atoms with Crippen molar-refractivity contribution in [2.24, 2.45) is 0 Å². The lowest BCUT2D eigenvalue weighted by molar-refractivity contribution is -0.384. The molecule has 0 unspecified atom stereocenters. The number of carboxylic acids is 1. The van der Waals surface area contributed by atoms with Crippen molar-refractivity contribution in [3.8, 4) is 5.75 Å². The van der Waals surface area contributed by atoms with Gasteiger partial charge in [0.1, 0.15) is 5.75 Å². The number of rotatable bonds is 7. The second kappa shape index (κ2) is 7.28. The van der Waals surface area contributed by atoms with Gasteiger partial charge in [-0.05, 0) is 25.0 Å². The van der Waals surface area contributed by atoms with Gasteiger partial charge in [0.05, 0.1) is 11.0 Å². The monoisotopic (exact) mass is 279 g/mol. The number of non-ortho nitro benzene ring substituents is 1. The van der Waals surface area contributed by atoms with Gasteiger partial charge in [0.15, 0.2) is 0 Å². The van der Waals surface area contributed by atoms with Gasteiger partial charge in [-0.1, -0.05) is 13.8 Å². The van der Waals surface area contributed by atoms with Crippen molar-refractivity contribution >= 4 is 17.7 Å². The van der Waals surface area contributed by atoms with E-state index >= 15 is 0 Å². The number of carbonyl (C=O) groups is 1. The number of ether oxygens (including phenoxy) is 1. The summed E-state index contributed by atoms with van der Waals surface area (Å²) < 4.78 is 5.74. The van der Waals surface area contributed by atoms with Gasteiger partial charge < -0.3 is 9.84 Å². The van der Waals surface area contributed by atoms with E-state index in [0.717, 1.165) is 18.9 Å². The van der Waals surface area contributed by atoms with Crippen molar-refractivity contribution in [3.63, 3.8) is 0 Å². The summed E-state index contributed by atoms with van der Waals surface area (Å²) in [7, 11) is 0. The third kappa shape index (κ3) is 4.38. The van der Waals surface area contributed by atoms with Crippen molar-refractivity contribution < 1.29 is 19.6 Å². The molecule has 0 saturated heterocycles. The van der Waals surface area contributed by atoms with Gasteiger partial charge >= 0.3 is 5.97 Å². The predicted octanol–water partition coefficient (Wildman–Crippen LogP) is 3.26. The summed E-state index contributed by atoms with van der Waals surface area (Å²) in [6.07, 6.45) is 3.82. The zero-order chi connectivity index (χ0) is 15.1. The average Bonchev–Trinajstić information content (AvgIpc) is 2.42. The maximum absolute atomic E-state index is 10.8. The van der Waals surface area contributed by atoms with Gasteiger partial charge in [0.25, 0.3) is 5.69 Å². The van der Waals surface area contributed by atoms with Crippen LogP contribution in [0.4, 0.5) is 5.69 Å². The maximum Gasteiger partial charge on any atom is 0.328 e. The Balaban J connectivity index is 3.14. The van der Waals surface area contributed by atoms with E-state index in [0.29, 0.717) is 11.3 Å². The third-order valence-electron chi connectivity index (χ3n) is 2.81. The van der Waals surface area contributed by atoms with Gasteiger partial charge in [-0.15, -0.1) is 0 Å². The van der Waals surface area contributed by atoms with Crippen LogP contribution in [-0.4, -0.2) is 22.1 Å². The molecule has 108 valence electrons. The first-order valence-corrected chi connectivity index (χ1v) is 6.34. The highest BCUT2D eigenvalue weighted by atomic mass is 16.6. The summed E-state index contributed by atoms with van der Waals surface area (Å²) in [5, 5.41) is 19.4. The zero-order valence-electron chi connectivity index (χ0n) is 11.4. The van der Waals surface area contributed by atoms with Crippen molar-refractivity contribution in [3.05, 3.63) is 40.0 Å². The summed E-state index contributed by atoms with van der Waals surface area (Å²) in [4.78, 5) is 20.8. The topological polar surface area (TPSA) is 89.7 Å². The fourth-order valence-corrected chi connectivity index (χ4v) is 1.68. The molecule has 6 heteroatoms. The first-order valence-electron chi connectivity index (χ1n) is 6.34. The summed E-state index contributed by atoms with van der Waals surface area (Å²) in [6.45, 7) is 3.96. The smallest absolute Gasteiger partial charge is 0.328 e. The molecular weight excluding hydrogens is 262 g/mol. The molecule has 0 spiro atoms. The van der Waals surface area contributed by atoms with Crippen molar-refractivity contribution in [1.29, 1.82) is 0 Å². The SMILES string of the molecule is CCC(CC)Oc1ccc([N+](=O)[O-])cc1/C=C/C(=O)O. The Morgan fingerprint density at radius 3 is 2.60 bits per heavy atom. The number of nitrogens with zero attached hydrogens (tertiary/aromatic N) is 1. The largest absolute Gasteiger partial charge is 0.490 e. The molecule has 0 heterocycles. The Bertz CT molecular complexity index is 520. The van der Waals surface area contributed by atoms with Crippen molar-refractivity contribution in [1.82, 2.24) is 0 Å². The maximum atomic E-state index is 10.8. The van der Waals surface area contributed by atoms with E-state index in [1.807, 2.05) is 13.8 Å². The first kappa shape index (κ1) is 15.7. The fraction of sp³-hybridized carbons (Fsp3) is 0.357. The lowest BCUT2D eigenvalue weighted by Crippen LogP contribution is -2.14. The number of carboxylic acid groups (broad SMARTS) is 1. The van der Waals surface area contributed by atoms with Gasteiger partial charge in [-0.25, -0.2) is 4.79 Å². The normalized spacial score (nSPS) is 10.9. The molecule has 0 aliphatic rings. The van der Waals surface area contributed by atoms with Crippen molar-refractivity contribution in [2.75, 3.05) is 0 Å². The summed E-state index contributed by atoms with van der Waals surface area (Å²) in [5.74, 6) is -0.674. The molecular formula is C14H17NO5. The minimum atomic E-state index is -1.12. The van der Waals surface area contributed by atoms with Crippen LogP contribution < -0.4 is 4.74 Å². The van der Waals surface area contributed by atoms with Gasteiger partial charge in [-0.2, -0.15) is 0 Å². The molecule has 1 aromatic carbocycles. The second-order valence-corrected chi connectivity index (χ2v) is 4.21. The van der Waals surface area contributed by atoms with Crippen LogP contribution in [0.2, 0.25) is 0 Å². The Labute approximate surface area is 116 Å². The quantitative estimate of drug-likeness (QED) is 0.470. The molecule has 6 nitrogen and oxygen atoms in total. The number of aliphatic carboxylic acids is 1. The molecule has 0 aromatic heterocycles. The molecule has 0 aliphatic heterocycles. The number of hydrogen-bond donors (Lipinski definition) is 1. The molecule has 20 heavy (non-hydrogen) atoms. The van der Waals surface area contributed by atoms with Crippen LogP contribution in [0.1, 0.15) is 32.3 Å². The summed E-state index contributed by atoms with van der Waals surface area (Å²) in [6, 6.07) is 4.14. The molecule has 1 rings (SSSR count). The minimum Gasteiger partial charge on any atom is -0.490 e. The Morgan fingerprint density at radius 2 is 2.10 bits per heavy atom. The van der Waals surface area contributed by atoms with E-state index in [9.17, 15) is 14.9 Å². The van der Waals surface area contributed by atoms with Gasteiger partial charge in [-0.3, -0.25) is 10.1 Å². The van der Waals surface area contributed by atoms with Crippen LogP contribution >= 0.6 is 0 Å². The highest BCUT2D eigenvalue weighted by Crippen LogP contribution is 2.27. The highest BCUT2D eigenvalue weighted by molar-refractivity contribution is 5.86. The highest BCUT2D eigenvalue weighted by Gasteiger charge is 2.13. The summed E-state index contributed by atoms with van der Waals surface area (Å²) in [5.41, 5.74) is 0.278. The Kier molecular flexibility index (Phi) is 5.71. The Hall–Kier alpha value is -2.37. The van der Waals surface area contributed by atoms with Gasteiger partial charge in [0.2, 0.25) is 0 Å². The molecule has 0 atom stereocenters. The first-order chi connectivity index (χ1) is 9.47. The number of nitro benzene ring substituents is 1. The van der Waals surface area contributed by atoms with E-state index in [1.54, 1.807) is 0 Å². The molecule has 1 N–H and O–H groups in total. The van der Waals surface area contributed by atoms with E-state index in [1.165, 1.54) is 24.3 Å². The van der Waals surface area contributed by atoms with E-state index in [2.05, 4.69) is 0 Å². The number of nitro groups is 1. The standard InChI is InChI=1S/C14H17NO5/c1-3-12(4-2)20-13-7-6-11(15(18)19)9-10(13)5-8-14(16)17/h5-9,12H,3-4H2,1-2H3,(H,16,17)/b8-5+. The molecule has 0 bridgehead atoms. The summed E-state index contributed by atoms with van der Waals surface area (Å²) >= 11 is 0. The van der Waals surface area contributed by atoms with Crippen LogP contribution in [0, 0.1) is 10.1 Å². The minimum absolute atomic E-state index is 0.00608. The molecule has 0 saturated carbocycles. The third-order valence-corrected chi connectivity index (χ3v) is 2.81. The molecule has 0 fully saturated rings. The van der Waals surface area contributed by atoms with Crippen LogP contribution in [-0.2, 0) is 4.79 Å². The van der Waals surface area contributed by atoms with E-state index < -0.39 is 10.9 Å². The second-order valence-electron chi connectivity index (χ2n) is 4.21. The molecule has 1 aromatic rings. The van der Waals surface area contributed by atoms with Gasteiger partial charge in [0, 0.05) is 23.8 Å². The Morgan fingerprint density at radius 1 is 1.45 bits per heavy atom. The van der Waals surface area contributed by atoms with E-state index in [4.69, 9.17) is 9.84 Å². The lowest BCUT2D eigenvalue weighted by atomic mass is 10.1. The van der Waals surface area contributed by atoms with Crippen molar-refractivity contribution in [2.45, 2.75) is 32.8 Å².